The molecule has 0 aliphatic carbocycles. The maximum atomic E-state index is 11.0. The summed E-state index contributed by atoms with van der Waals surface area (Å²) in [6, 6.07) is 9.15. The SMILES string of the molecule is CS(=O)(=O)C(N)[B]c1ccccc1.O.O. The smallest absolute Gasteiger partial charge is 0.193 e. The first-order valence-corrected chi connectivity index (χ1v) is 5.80. The van der Waals surface area contributed by atoms with Crippen molar-refractivity contribution in [3.8, 4) is 0 Å². The van der Waals surface area contributed by atoms with E-state index >= 15 is 0 Å². The average Bonchev–Trinajstić information content (AvgIpc) is 2.04. The van der Waals surface area contributed by atoms with E-state index in [2.05, 4.69) is 0 Å². The summed E-state index contributed by atoms with van der Waals surface area (Å²) in [4.78, 5) is 0. The minimum Gasteiger partial charge on any atom is -0.412 e. The monoisotopic (exact) mass is 232 g/mol. The van der Waals surface area contributed by atoms with Crippen LogP contribution in [0.15, 0.2) is 30.3 Å². The maximum Gasteiger partial charge on any atom is 0.193 e. The van der Waals surface area contributed by atoms with Crippen molar-refractivity contribution in [2.45, 2.75) is 5.27 Å². The van der Waals surface area contributed by atoms with Crippen LogP contribution in [0.25, 0.3) is 0 Å². The van der Waals surface area contributed by atoms with E-state index in [1.807, 2.05) is 30.3 Å². The molecule has 7 heteroatoms. The van der Waals surface area contributed by atoms with Crippen LogP contribution in [-0.2, 0) is 9.84 Å². The third kappa shape index (κ3) is 5.53. The molecule has 1 aromatic rings. The molecule has 0 amide bonds. The molecule has 1 radical (unpaired) electrons. The Morgan fingerprint density at radius 1 is 1.20 bits per heavy atom. The summed E-state index contributed by atoms with van der Waals surface area (Å²) in [5.41, 5.74) is 6.26. The van der Waals surface area contributed by atoms with Crippen LogP contribution in [0.1, 0.15) is 0 Å². The first-order chi connectivity index (χ1) is 6.00. The Bertz CT molecular complexity index is 367. The Labute approximate surface area is 90.1 Å². The summed E-state index contributed by atoms with van der Waals surface area (Å²) in [6.45, 7) is 0. The predicted molar refractivity (Wildman–Crippen MR) is 61.9 cm³/mol. The number of benzene rings is 1. The maximum absolute atomic E-state index is 11.0. The zero-order valence-electron chi connectivity index (χ0n) is 8.34. The molecule has 0 saturated heterocycles. The Balaban J connectivity index is 0. The first kappa shape index (κ1) is 16.5. The van der Waals surface area contributed by atoms with Gasteiger partial charge in [-0.15, -0.1) is 0 Å². The third-order valence-electron chi connectivity index (χ3n) is 1.65. The molecule has 1 unspecified atom stereocenters. The molecule has 0 spiro atoms. The summed E-state index contributed by atoms with van der Waals surface area (Å²) < 4.78 is 22.0. The van der Waals surface area contributed by atoms with Crippen molar-refractivity contribution in [2.75, 3.05) is 6.26 Å². The van der Waals surface area contributed by atoms with Crippen LogP contribution in [0.3, 0.4) is 0 Å². The first-order valence-electron chi connectivity index (χ1n) is 3.84. The van der Waals surface area contributed by atoms with E-state index in [-0.39, 0.29) is 11.0 Å². The lowest BCUT2D eigenvalue weighted by molar-refractivity contribution is 0.598. The molecule has 5 nitrogen and oxygen atoms in total. The van der Waals surface area contributed by atoms with Crippen molar-refractivity contribution in [2.24, 2.45) is 5.73 Å². The van der Waals surface area contributed by atoms with Gasteiger partial charge in [-0.1, -0.05) is 35.8 Å². The third-order valence-corrected chi connectivity index (χ3v) is 2.78. The van der Waals surface area contributed by atoms with Crippen LogP contribution in [0.4, 0.5) is 0 Å². The van der Waals surface area contributed by atoms with Crippen LogP contribution in [-0.4, -0.2) is 38.2 Å². The zero-order chi connectivity index (χ0) is 9.90. The van der Waals surface area contributed by atoms with Crippen molar-refractivity contribution in [1.29, 1.82) is 0 Å². The fraction of sp³-hybridized carbons (Fsp3) is 0.250. The van der Waals surface area contributed by atoms with E-state index in [4.69, 9.17) is 5.73 Å². The van der Waals surface area contributed by atoms with Gasteiger partial charge in [0.15, 0.2) is 17.1 Å². The molecule has 0 bridgehead atoms. The van der Waals surface area contributed by atoms with E-state index in [9.17, 15) is 8.42 Å². The molecule has 1 rings (SSSR count). The van der Waals surface area contributed by atoms with Crippen LogP contribution in [0, 0.1) is 0 Å². The lowest BCUT2D eigenvalue weighted by atomic mass is 9.70. The van der Waals surface area contributed by atoms with Gasteiger partial charge in [-0.2, -0.15) is 0 Å². The largest absolute Gasteiger partial charge is 0.412 e. The number of nitrogens with two attached hydrogens (primary N) is 1. The molecule has 0 heterocycles. The number of rotatable bonds is 3. The van der Waals surface area contributed by atoms with Crippen molar-refractivity contribution in [1.82, 2.24) is 0 Å². The molecule has 0 aliphatic heterocycles. The van der Waals surface area contributed by atoms with Crippen LogP contribution >= 0.6 is 0 Å². The average molecular weight is 232 g/mol. The van der Waals surface area contributed by atoms with Crippen molar-refractivity contribution >= 4 is 22.6 Å². The fourth-order valence-corrected chi connectivity index (χ4v) is 1.28. The summed E-state index contributed by atoms with van der Waals surface area (Å²) in [6.07, 6.45) is 1.12. The van der Waals surface area contributed by atoms with E-state index in [1.165, 1.54) is 7.28 Å². The van der Waals surface area contributed by atoms with Gasteiger partial charge < -0.3 is 16.7 Å². The Morgan fingerprint density at radius 2 is 1.67 bits per heavy atom. The molecule has 1 atom stereocenters. The summed E-state index contributed by atoms with van der Waals surface area (Å²) in [5, 5.41) is -0.921. The van der Waals surface area contributed by atoms with Crippen molar-refractivity contribution in [3.05, 3.63) is 30.3 Å². The summed E-state index contributed by atoms with van der Waals surface area (Å²) >= 11 is 0. The molecule has 0 aliphatic rings. The van der Waals surface area contributed by atoms with E-state index in [0.717, 1.165) is 11.7 Å². The number of hydrogen-bond donors (Lipinski definition) is 1. The molecule has 6 N–H and O–H groups in total. The van der Waals surface area contributed by atoms with E-state index in [0.29, 0.717) is 0 Å². The van der Waals surface area contributed by atoms with Gasteiger partial charge in [-0.25, -0.2) is 8.42 Å². The van der Waals surface area contributed by atoms with Gasteiger partial charge in [0.1, 0.15) is 0 Å². The molecule has 0 fully saturated rings. The second-order valence-electron chi connectivity index (χ2n) is 2.87. The van der Waals surface area contributed by atoms with Crippen LogP contribution in [0.2, 0.25) is 0 Å². The minimum atomic E-state index is -3.18. The Morgan fingerprint density at radius 3 is 2.07 bits per heavy atom. The van der Waals surface area contributed by atoms with Gasteiger partial charge in [0.2, 0.25) is 0 Å². The summed E-state index contributed by atoms with van der Waals surface area (Å²) in [5.74, 6) is 0. The fourth-order valence-electron chi connectivity index (χ4n) is 0.877. The molecule has 85 valence electrons. The highest BCUT2D eigenvalue weighted by Gasteiger charge is 2.16. The van der Waals surface area contributed by atoms with E-state index in [1.54, 1.807) is 0 Å². The Kier molecular flexibility index (Phi) is 7.25. The van der Waals surface area contributed by atoms with Crippen molar-refractivity contribution < 1.29 is 19.4 Å². The molecular weight excluding hydrogens is 217 g/mol. The molecule has 1 aromatic carbocycles. The second kappa shape index (κ2) is 6.57. The van der Waals surface area contributed by atoms with Crippen molar-refractivity contribution in [3.63, 3.8) is 0 Å². The highest BCUT2D eigenvalue weighted by Crippen LogP contribution is 1.90. The van der Waals surface area contributed by atoms with Gasteiger partial charge in [-0.3, -0.25) is 0 Å². The van der Waals surface area contributed by atoms with Gasteiger partial charge in [-0.05, 0) is 0 Å². The molecule has 15 heavy (non-hydrogen) atoms. The normalized spacial score (nSPS) is 11.9. The highest BCUT2D eigenvalue weighted by molar-refractivity contribution is 7.92. The minimum absolute atomic E-state index is 0. The number of hydrogen-bond acceptors (Lipinski definition) is 3. The van der Waals surface area contributed by atoms with Crippen LogP contribution in [0.5, 0.6) is 0 Å². The van der Waals surface area contributed by atoms with Gasteiger partial charge in [0, 0.05) is 6.26 Å². The second-order valence-corrected chi connectivity index (χ2v) is 5.07. The Hall–Kier alpha value is -0.885. The topological polar surface area (TPSA) is 123 Å². The highest BCUT2D eigenvalue weighted by atomic mass is 32.2. The predicted octanol–water partition coefficient (Wildman–Crippen LogP) is -2.35. The van der Waals surface area contributed by atoms with Gasteiger partial charge in [0.25, 0.3) is 0 Å². The lowest BCUT2D eigenvalue weighted by Crippen LogP contribution is -2.41. The molecule has 0 saturated carbocycles. The quantitative estimate of drug-likeness (QED) is 0.587. The zero-order valence-corrected chi connectivity index (χ0v) is 9.16. The van der Waals surface area contributed by atoms with Crippen LogP contribution < -0.4 is 11.2 Å². The molecular formula is C8H15BNO4S. The standard InChI is InChI=1S/C8H11BNO2S.2H2O/c1-13(11,12)8(10)9-7-5-3-2-4-6-7;;/h2-6,8H,10H2,1H3;2*1H2. The number of sulfone groups is 1. The summed E-state index contributed by atoms with van der Waals surface area (Å²) in [7, 11) is -1.66. The van der Waals surface area contributed by atoms with Gasteiger partial charge in [0.05, 0.1) is 5.27 Å². The lowest BCUT2D eigenvalue weighted by Gasteiger charge is -2.07. The van der Waals surface area contributed by atoms with E-state index < -0.39 is 15.1 Å². The molecule has 0 aromatic heterocycles. The van der Waals surface area contributed by atoms with Gasteiger partial charge >= 0.3 is 0 Å².